The second-order valence-corrected chi connectivity index (χ2v) is 15.7. The van der Waals surface area contributed by atoms with Crippen LogP contribution in [0.25, 0.3) is 33.9 Å². The Labute approximate surface area is 206 Å². The number of rotatable bonds is 5. The number of imidazole rings is 1. The van der Waals surface area contributed by atoms with Crippen molar-refractivity contribution >= 4 is 19.4 Å². The zero-order valence-electron chi connectivity index (χ0n) is 21.0. The number of halogens is 1. The van der Waals surface area contributed by atoms with Crippen molar-refractivity contribution in [3.8, 4) is 22.9 Å². The molecule has 7 nitrogen and oxygen atoms in total. The minimum Gasteiger partial charge on any atom is -0.414 e. The third-order valence-corrected chi connectivity index (χ3v) is 12.1. The Hall–Kier alpha value is -2.91. The highest BCUT2D eigenvalue weighted by Crippen LogP contribution is 2.42. The molecule has 1 aliphatic rings. The van der Waals surface area contributed by atoms with Crippen molar-refractivity contribution in [3.63, 3.8) is 0 Å². The van der Waals surface area contributed by atoms with Crippen LogP contribution >= 0.6 is 0 Å². The summed E-state index contributed by atoms with van der Waals surface area (Å²) in [4.78, 5) is 13.6. The zero-order chi connectivity index (χ0) is 24.8. The third-order valence-electron chi connectivity index (χ3n) is 7.57. The molecular weight excluding hydrogens is 459 g/mol. The van der Waals surface area contributed by atoms with E-state index >= 15 is 0 Å². The van der Waals surface area contributed by atoms with E-state index in [9.17, 15) is 4.39 Å². The minimum atomic E-state index is -1.91. The van der Waals surface area contributed by atoms with Gasteiger partial charge in [-0.1, -0.05) is 32.9 Å². The molecule has 1 saturated carbocycles. The van der Waals surface area contributed by atoms with Gasteiger partial charge in [0.1, 0.15) is 29.2 Å². The van der Waals surface area contributed by atoms with Crippen LogP contribution in [0.15, 0.2) is 42.9 Å². The van der Waals surface area contributed by atoms with Gasteiger partial charge in [0.15, 0.2) is 14.1 Å². The molecule has 184 valence electrons. The summed E-state index contributed by atoms with van der Waals surface area (Å²) in [5.74, 6) is 0.871. The van der Waals surface area contributed by atoms with Crippen LogP contribution in [-0.2, 0) is 4.43 Å². The van der Waals surface area contributed by atoms with Gasteiger partial charge >= 0.3 is 0 Å². The Balaban J connectivity index is 1.60. The van der Waals surface area contributed by atoms with E-state index in [1.54, 1.807) is 18.3 Å². The van der Waals surface area contributed by atoms with Crippen LogP contribution in [0, 0.1) is 5.82 Å². The molecule has 1 N–H and O–H groups in total. The van der Waals surface area contributed by atoms with Gasteiger partial charge in [-0.25, -0.2) is 14.4 Å². The van der Waals surface area contributed by atoms with Crippen LogP contribution in [0.4, 0.5) is 4.39 Å². The fourth-order valence-electron chi connectivity index (χ4n) is 4.71. The Morgan fingerprint density at radius 3 is 2.66 bits per heavy atom. The molecule has 0 radical (unpaired) electrons. The lowest BCUT2D eigenvalue weighted by atomic mass is 9.92. The van der Waals surface area contributed by atoms with Crippen molar-refractivity contribution in [2.75, 3.05) is 0 Å². The monoisotopic (exact) mass is 492 g/mol. The standard InChI is InChI=1S/C26H33FN6OSi/c1-26(2,3)35(4,5)34-18-10-8-9-17(13-18)33-23-14-21(24-29-16-30-32-24)28-15-22(23)31-25(33)19-11-6-7-12-20(19)27/h6-7,11-12,14-18H,8-10,13H2,1-5H3,(H,29,30,32). The summed E-state index contributed by atoms with van der Waals surface area (Å²) in [5.41, 5.74) is 2.80. The lowest BCUT2D eigenvalue weighted by molar-refractivity contribution is 0.113. The molecule has 0 saturated heterocycles. The molecule has 3 aromatic heterocycles. The van der Waals surface area contributed by atoms with Gasteiger partial charge < -0.3 is 8.99 Å². The number of aromatic nitrogens is 6. The molecule has 0 bridgehead atoms. The van der Waals surface area contributed by atoms with Crippen LogP contribution in [0.3, 0.4) is 0 Å². The number of nitrogens with zero attached hydrogens (tertiary/aromatic N) is 5. The van der Waals surface area contributed by atoms with Crippen molar-refractivity contribution < 1.29 is 8.82 Å². The molecule has 2 atom stereocenters. The highest BCUT2D eigenvalue weighted by molar-refractivity contribution is 6.74. The van der Waals surface area contributed by atoms with Crippen molar-refractivity contribution in [1.82, 2.24) is 29.7 Å². The Kier molecular flexibility index (Phi) is 6.09. The Bertz CT molecular complexity index is 1330. The summed E-state index contributed by atoms with van der Waals surface area (Å²) < 4.78 is 24.0. The first kappa shape index (κ1) is 23.8. The maximum atomic E-state index is 15.0. The van der Waals surface area contributed by atoms with E-state index in [4.69, 9.17) is 9.41 Å². The van der Waals surface area contributed by atoms with Crippen LogP contribution in [0.2, 0.25) is 18.1 Å². The largest absolute Gasteiger partial charge is 0.414 e. The number of hydrogen-bond acceptors (Lipinski definition) is 5. The van der Waals surface area contributed by atoms with Crippen LogP contribution in [0.5, 0.6) is 0 Å². The summed E-state index contributed by atoms with van der Waals surface area (Å²) in [6.07, 6.45) is 7.41. The topological polar surface area (TPSA) is 81.5 Å². The van der Waals surface area contributed by atoms with E-state index in [1.165, 1.54) is 12.4 Å². The molecule has 1 aliphatic carbocycles. The summed E-state index contributed by atoms with van der Waals surface area (Å²) in [6, 6.07) is 8.94. The van der Waals surface area contributed by atoms with Crippen LogP contribution in [-0.4, -0.2) is 44.1 Å². The highest BCUT2D eigenvalue weighted by Gasteiger charge is 2.40. The normalized spacial score (nSPS) is 19.4. The summed E-state index contributed by atoms with van der Waals surface area (Å²) in [7, 11) is -1.91. The van der Waals surface area contributed by atoms with Gasteiger partial charge in [0.05, 0.1) is 17.3 Å². The second-order valence-electron chi connectivity index (χ2n) is 11.0. The van der Waals surface area contributed by atoms with E-state index in [2.05, 4.69) is 58.6 Å². The average molecular weight is 493 g/mol. The maximum absolute atomic E-state index is 15.0. The van der Waals surface area contributed by atoms with Gasteiger partial charge in [-0.2, -0.15) is 5.10 Å². The molecule has 0 spiro atoms. The fourth-order valence-corrected chi connectivity index (χ4v) is 6.11. The van der Waals surface area contributed by atoms with Crippen molar-refractivity contribution in [1.29, 1.82) is 0 Å². The third kappa shape index (κ3) is 4.54. The van der Waals surface area contributed by atoms with Gasteiger partial charge in [0, 0.05) is 12.1 Å². The van der Waals surface area contributed by atoms with Gasteiger partial charge in [-0.3, -0.25) is 10.1 Å². The van der Waals surface area contributed by atoms with Crippen LogP contribution < -0.4 is 0 Å². The van der Waals surface area contributed by atoms with Crippen LogP contribution in [0.1, 0.15) is 52.5 Å². The molecule has 1 aromatic carbocycles. The molecule has 0 amide bonds. The quantitative estimate of drug-likeness (QED) is 0.320. The number of fused-ring (bicyclic) bond motifs is 1. The van der Waals surface area contributed by atoms with Crippen molar-refractivity contribution in [3.05, 3.63) is 48.7 Å². The predicted octanol–water partition coefficient (Wildman–Crippen LogP) is 6.53. The summed E-state index contributed by atoms with van der Waals surface area (Å²) in [6.45, 7) is 11.4. The number of H-pyrrole nitrogens is 1. The molecule has 5 rings (SSSR count). The van der Waals surface area contributed by atoms with Gasteiger partial charge in [0.2, 0.25) is 0 Å². The van der Waals surface area contributed by atoms with E-state index in [0.29, 0.717) is 22.9 Å². The summed E-state index contributed by atoms with van der Waals surface area (Å²) in [5, 5.41) is 7.08. The molecule has 2 unspecified atom stereocenters. The van der Waals surface area contributed by atoms with Gasteiger partial charge in [-0.15, -0.1) is 0 Å². The fraction of sp³-hybridized carbons (Fsp3) is 0.462. The molecule has 35 heavy (non-hydrogen) atoms. The van der Waals surface area contributed by atoms with E-state index < -0.39 is 8.32 Å². The van der Waals surface area contributed by atoms with Crippen molar-refractivity contribution in [2.45, 2.75) is 76.7 Å². The van der Waals surface area contributed by atoms with Gasteiger partial charge in [-0.05, 0) is 62.0 Å². The van der Waals surface area contributed by atoms with Gasteiger partial charge in [0.25, 0.3) is 0 Å². The van der Waals surface area contributed by atoms with Crippen molar-refractivity contribution in [2.24, 2.45) is 0 Å². The average Bonchev–Trinajstić information content (AvgIpc) is 3.46. The molecule has 0 aliphatic heterocycles. The Morgan fingerprint density at radius 2 is 1.94 bits per heavy atom. The first-order valence-electron chi connectivity index (χ1n) is 12.3. The molecule has 3 heterocycles. The first-order valence-corrected chi connectivity index (χ1v) is 15.2. The molecular formula is C26H33FN6OSi. The lowest BCUT2D eigenvalue weighted by Gasteiger charge is -2.42. The van der Waals surface area contributed by atoms with E-state index in [-0.39, 0.29) is 23.0 Å². The van der Waals surface area contributed by atoms with E-state index in [1.807, 2.05) is 12.1 Å². The number of benzene rings is 1. The number of nitrogens with one attached hydrogen (secondary N) is 1. The zero-order valence-corrected chi connectivity index (χ0v) is 22.0. The molecule has 4 aromatic rings. The number of hydrogen-bond donors (Lipinski definition) is 1. The highest BCUT2D eigenvalue weighted by atomic mass is 28.4. The predicted molar refractivity (Wildman–Crippen MR) is 138 cm³/mol. The second kappa shape index (κ2) is 8.95. The smallest absolute Gasteiger partial charge is 0.199 e. The number of pyridine rings is 1. The molecule has 9 heteroatoms. The van der Waals surface area contributed by atoms with E-state index in [0.717, 1.165) is 36.7 Å². The number of aromatic amines is 1. The Morgan fingerprint density at radius 1 is 1.14 bits per heavy atom. The molecule has 1 fully saturated rings. The SMILES string of the molecule is CC(C)(C)[Si](C)(C)OC1CCCC(n2c(-c3ccccc3F)nc3cnc(-c4nc[nH]n4)cc32)C1. The lowest BCUT2D eigenvalue weighted by Crippen LogP contribution is -2.45. The summed E-state index contributed by atoms with van der Waals surface area (Å²) >= 11 is 0. The maximum Gasteiger partial charge on any atom is 0.199 e. The first-order chi connectivity index (χ1) is 16.6. The minimum absolute atomic E-state index is 0.139.